The SMILES string of the molecule is CCN(CC)C1CN(c2nc(N)c3cc(C(F)(F)F)n(-c4c(F)ccc(Cl)c4N)c(=O)c3n2)C1. The van der Waals surface area contributed by atoms with Gasteiger partial charge in [0.25, 0.3) is 5.56 Å². The molecule has 2 aromatic heterocycles. The van der Waals surface area contributed by atoms with Gasteiger partial charge in [0.05, 0.1) is 16.1 Å². The predicted molar refractivity (Wildman–Crippen MR) is 123 cm³/mol. The van der Waals surface area contributed by atoms with Crippen molar-refractivity contribution < 1.29 is 17.6 Å². The Hall–Kier alpha value is -3.12. The van der Waals surface area contributed by atoms with Crippen molar-refractivity contribution in [3.8, 4) is 5.69 Å². The third-order valence-corrected chi connectivity index (χ3v) is 6.32. The van der Waals surface area contributed by atoms with Gasteiger partial charge < -0.3 is 16.4 Å². The Labute approximate surface area is 196 Å². The van der Waals surface area contributed by atoms with Gasteiger partial charge in [-0.15, -0.1) is 0 Å². The van der Waals surface area contributed by atoms with Crippen molar-refractivity contribution in [2.24, 2.45) is 0 Å². The number of aromatic nitrogens is 3. The van der Waals surface area contributed by atoms with Gasteiger partial charge in [-0.1, -0.05) is 25.4 Å². The summed E-state index contributed by atoms with van der Waals surface area (Å²) in [5.41, 5.74) is 7.30. The van der Waals surface area contributed by atoms with Gasteiger partial charge in [0, 0.05) is 19.1 Å². The lowest BCUT2D eigenvalue weighted by Crippen LogP contribution is -2.60. The summed E-state index contributed by atoms with van der Waals surface area (Å²) in [5, 5.41) is -0.499. The molecule has 182 valence electrons. The van der Waals surface area contributed by atoms with Gasteiger partial charge in [0.2, 0.25) is 5.95 Å². The molecule has 34 heavy (non-hydrogen) atoms. The number of benzene rings is 1. The zero-order chi connectivity index (χ0) is 24.9. The molecular formula is C21H22ClF4N7O. The molecule has 0 amide bonds. The highest BCUT2D eigenvalue weighted by atomic mass is 35.5. The van der Waals surface area contributed by atoms with E-state index in [0.29, 0.717) is 19.2 Å². The van der Waals surface area contributed by atoms with E-state index in [1.165, 1.54) is 0 Å². The fourth-order valence-corrected chi connectivity index (χ4v) is 4.29. The molecule has 4 N–H and O–H groups in total. The summed E-state index contributed by atoms with van der Waals surface area (Å²) in [5.74, 6) is -1.34. The van der Waals surface area contributed by atoms with Gasteiger partial charge in [-0.25, -0.2) is 9.37 Å². The molecule has 0 aliphatic carbocycles. The molecule has 8 nitrogen and oxygen atoms in total. The molecule has 0 saturated carbocycles. The second-order valence-electron chi connectivity index (χ2n) is 7.91. The first-order valence-electron chi connectivity index (χ1n) is 10.5. The molecule has 13 heteroatoms. The van der Waals surface area contributed by atoms with Crippen LogP contribution in [0.2, 0.25) is 5.02 Å². The Balaban J connectivity index is 1.92. The lowest BCUT2D eigenvalue weighted by molar-refractivity contribution is -0.142. The van der Waals surface area contributed by atoms with Crippen LogP contribution in [-0.2, 0) is 6.18 Å². The number of pyridine rings is 1. The van der Waals surface area contributed by atoms with Gasteiger partial charge in [-0.05, 0) is 31.3 Å². The van der Waals surface area contributed by atoms with Crippen LogP contribution in [0.15, 0.2) is 23.0 Å². The number of anilines is 3. The number of alkyl halides is 3. The van der Waals surface area contributed by atoms with Crippen LogP contribution in [0.3, 0.4) is 0 Å². The maximum atomic E-state index is 14.7. The molecule has 0 bridgehead atoms. The van der Waals surface area contributed by atoms with E-state index in [-0.39, 0.29) is 38.3 Å². The smallest absolute Gasteiger partial charge is 0.396 e. The largest absolute Gasteiger partial charge is 0.431 e. The number of halogens is 5. The lowest BCUT2D eigenvalue weighted by atomic mass is 10.1. The van der Waals surface area contributed by atoms with Crippen LogP contribution in [0.1, 0.15) is 19.5 Å². The number of rotatable bonds is 5. The number of nitrogens with two attached hydrogens (primary N) is 2. The second kappa shape index (κ2) is 8.58. The highest BCUT2D eigenvalue weighted by Crippen LogP contribution is 2.36. The maximum Gasteiger partial charge on any atom is 0.431 e. The van der Waals surface area contributed by atoms with Crippen molar-refractivity contribution in [3.63, 3.8) is 0 Å². The fraction of sp³-hybridized carbons (Fsp3) is 0.381. The highest BCUT2D eigenvalue weighted by Gasteiger charge is 2.38. The Kier molecular flexibility index (Phi) is 6.06. The number of nitrogen functional groups attached to an aromatic ring is 2. The van der Waals surface area contributed by atoms with Gasteiger partial charge >= 0.3 is 6.18 Å². The van der Waals surface area contributed by atoms with E-state index < -0.39 is 34.6 Å². The van der Waals surface area contributed by atoms with E-state index in [9.17, 15) is 22.4 Å². The quantitative estimate of drug-likeness (QED) is 0.410. The number of likely N-dealkylation sites (N-methyl/N-ethyl adjacent to an activating group) is 1. The summed E-state index contributed by atoms with van der Waals surface area (Å²) < 4.78 is 56.6. The molecule has 0 radical (unpaired) electrons. The minimum absolute atomic E-state index is 0.108. The fourth-order valence-electron chi connectivity index (χ4n) is 4.14. The maximum absolute atomic E-state index is 14.7. The van der Waals surface area contributed by atoms with Crippen LogP contribution in [0.4, 0.5) is 35.0 Å². The minimum Gasteiger partial charge on any atom is -0.396 e. The van der Waals surface area contributed by atoms with Gasteiger partial charge in [0.15, 0.2) is 0 Å². The van der Waals surface area contributed by atoms with Crippen molar-refractivity contribution in [1.82, 2.24) is 19.4 Å². The van der Waals surface area contributed by atoms with Crippen molar-refractivity contribution >= 4 is 40.0 Å². The van der Waals surface area contributed by atoms with Crippen LogP contribution in [0, 0.1) is 5.82 Å². The molecular weight excluding hydrogens is 478 g/mol. The van der Waals surface area contributed by atoms with Crippen LogP contribution in [0.25, 0.3) is 16.6 Å². The van der Waals surface area contributed by atoms with E-state index in [2.05, 4.69) is 14.9 Å². The molecule has 0 atom stereocenters. The average Bonchev–Trinajstić information content (AvgIpc) is 2.74. The molecule has 1 aromatic carbocycles. The molecule has 1 fully saturated rings. The number of hydrogen-bond acceptors (Lipinski definition) is 7. The van der Waals surface area contributed by atoms with Crippen molar-refractivity contribution in [2.45, 2.75) is 26.1 Å². The summed E-state index contributed by atoms with van der Waals surface area (Å²) in [7, 11) is 0. The van der Waals surface area contributed by atoms with E-state index in [4.69, 9.17) is 23.1 Å². The van der Waals surface area contributed by atoms with E-state index >= 15 is 0 Å². The Morgan fingerprint density at radius 1 is 1.18 bits per heavy atom. The predicted octanol–water partition coefficient (Wildman–Crippen LogP) is 3.29. The summed E-state index contributed by atoms with van der Waals surface area (Å²) >= 11 is 5.91. The van der Waals surface area contributed by atoms with Crippen molar-refractivity contribution in [1.29, 1.82) is 0 Å². The molecule has 0 unspecified atom stereocenters. The summed E-state index contributed by atoms with van der Waals surface area (Å²) in [6.45, 7) is 6.92. The monoisotopic (exact) mass is 499 g/mol. The topological polar surface area (TPSA) is 106 Å². The first kappa shape index (κ1) is 24.0. The Morgan fingerprint density at radius 3 is 2.41 bits per heavy atom. The summed E-state index contributed by atoms with van der Waals surface area (Å²) in [4.78, 5) is 25.7. The van der Waals surface area contributed by atoms with Crippen LogP contribution < -0.4 is 21.9 Å². The first-order valence-corrected chi connectivity index (χ1v) is 10.9. The second-order valence-corrected chi connectivity index (χ2v) is 8.32. The molecule has 4 rings (SSSR count). The van der Waals surface area contributed by atoms with Crippen LogP contribution >= 0.6 is 11.6 Å². The highest BCUT2D eigenvalue weighted by molar-refractivity contribution is 6.33. The first-order chi connectivity index (χ1) is 16.0. The van der Waals surface area contributed by atoms with Gasteiger partial charge in [-0.2, -0.15) is 18.2 Å². The molecule has 3 heterocycles. The normalized spacial score (nSPS) is 14.8. The summed E-state index contributed by atoms with van der Waals surface area (Å²) in [6, 6.07) is 2.78. The molecule has 0 spiro atoms. The lowest BCUT2D eigenvalue weighted by Gasteiger charge is -2.44. The molecule has 1 aliphatic rings. The van der Waals surface area contributed by atoms with E-state index in [0.717, 1.165) is 25.2 Å². The number of fused-ring (bicyclic) bond motifs is 1. The van der Waals surface area contributed by atoms with Crippen molar-refractivity contribution in [3.05, 3.63) is 45.1 Å². The van der Waals surface area contributed by atoms with Gasteiger partial charge in [-0.3, -0.25) is 14.3 Å². The molecule has 1 saturated heterocycles. The molecule has 1 aliphatic heterocycles. The third-order valence-electron chi connectivity index (χ3n) is 5.99. The van der Waals surface area contributed by atoms with Crippen LogP contribution in [-0.4, -0.2) is 51.7 Å². The summed E-state index contributed by atoms with van der Waals surface area (Å²) in [6.07, 6.45) is -5.05. The van der Waals surface area contributed by atoms with E-state index in [1.54, 1.807) is 4.90 Å². The minimum atomic E-state index is -5.05. The zero-order valence-corrected chi connectivity index (χ0v) is 19.1. The third kappa shape index (κ3) is 3.90. The van der Waals surface area contributed by atoms with Crippen molar-refractivity contribution in [2.75, 3.05) is 42.5 Å². The Bertz CT molecular complexity index is 1320. The van der Waals surface area contributed by atoms with Crippen LogP contribution in [0.5, 0.6) is 0 Å². The Morgan fingerprint density at radius 2 is 1.82 bits per heavy atom. The number of hydrogen-bond donors (Lipinski definition) is 2. The molecule has 3 aromatic rings. The standard InChI is InChI=1S/C21H22ClF4N7O/c1-3-31(4-2)10-8-32(9-10)20-29-16-11(18(28)30-20)7-14(21(24,25)26)33(19(16)34)17-13(23)6-5-12(22)15(17)27/h5-7,10H,3-4,8-9,27H2,1-2H3,(H2,28,29,30). The van der Waals surface area contributed by atoms with Gasteiger partial charge in [0.1, 0.15) is 28.5 Å². The van der Waals surface area contributed by atoms with E-state index in [1.807, 2.05) is 13.8 Å². The average molecular weight is 500 g/mol. The zero-order valence-electron chi connectivity index (χ0n) is 18.3. The number of nitrogens with zero attached hydrogens (tertiary/aromatic N) is 5.